The molecule has 0 unspecified atom stereocenters. The Labute approximate surface area is 134 Å². The highest BCUT2D eigenvalue weighted by Crippen LogP contribution is 2.40. The first-order valence-electron chi connectivity index (χ1n) is 8.54. The van der Waals surface area contributed by atoms with E-state index in [2.05, 4.69) is 26.1 Å². The van der Waals surface area contributed by atoms with Gasteiger partial charge in [0.1, 0.15) is 0 Å². The molecule has 1 saturated carbocycles. The topological polar surface area (TPSA) is 55.1 Å². The van der Waals surface area contributed by atoms with Crippen LogP contribution in [0.3, 0.4) is 0 Å². The molecule has 0 aromatic heterocycles. The summed E-state index contributed by atoms with van der Waals surface area (Å²) in [4.78, 5) is 12.2. The molecule has 122 valence electrons. The number of carbonyl (C=O) groups excluding carboxylic acids is 1. The second-order valence-corrected chi connectivity index (χ2v) is 7.38. The largest absolute Gasteiger partial charge is 0.399 e. The Bertz CT molecular complexity index is 502. The number of anilines is 1. The molecule has 22 heavy (non-hydrogen) atoms. The minimum atomic E-state index is 0.115. The van der Waals surface area contributed by atoms with E-state index in [-0.39, 0.29) is 5.91 Å². The van der Waals surface area contributed by atoms with Gasteiger partial charge in [0.25, 0.3) is 0 Å². The molecule has 3 nitrogen and oxygen atoms in total. The fourth-order valence-electron chi connectivity index (χ4n) is 3.48. The van der Waals surface area contributed by atoms with E-state index in [1.807, 2.05) is 24.3 Å². The molecule has 1 amide bonds. The van der Waals surface area contributed by atoms with Crippen LogP contribution in [0.25, 0.3) is 0 Å². The molecule has 1 aliphatic carbocycles. The van der Waals surface area contributed by atoms with Gasteiger partial charge in [-0.05, 0) is 54.7 Å². The van der Waals surface area contributed by atoms with Crippen molar-refractivity contribution in [1.82, 2.24) is 5.32 Å². The Morgan fingerprint density at radius 2 is 1.95 bits per heavy atom. The van der Waals surface area contributed by atoms with Gasteiger partial charge >= 0.3 is 0 Å². The maximum atomic E-state index is 12.2. The van der Waals surface area contributed by atoms with E-state index < -0.39 is 0 Å². The molecule has 3 heteroatoms. The summed E-state index contributed by atoms with van der Waals surface area (Å²) in [5, 5.41) is 3.20. The second-order valence-electron chi connectivity index (χ2n) is 7.38. The number of carbonyl (C=O) groups is 1. The van der Waals surface area contributed by atoms with Crippen molar-refractivity contribution in [3.05, 3.63) is 29.8 Å². The van der Waals surface area contributed by atoms with Crippen molar-refractivity contribution in [3.63, 3.8) is 0 Å². The van der Waals surface area contributed by atoms with Gasteiger partial charge in [-0.1, -0.05) is 39.3 Å². The number of hydrogen-bond donors (Lipinski definition) is 2. The van der Waals surface area contributed by atoms with Crippen molar-refractivity contribution >= 4 is 11.6 Å². The van der Waals surface area contributed by atoms with Crippen LogP contribution >= 0.6 is 0 Å². The lowest BCUT2D eigenvalue weighted by Crippen LogP contribution is -2.40. The summed E-state index contributed by atoms with van der Waals surface area (Å²) < 4.78 is 0. The Kier molecular flexibility index (Phi) is 5.49. The third-order valence-electron chi connectivity index (χ3n) is 5.42. The van der Waals surface area contributed by atoms with E-state index in [1.54, 1.807) is 0 Å². The standard InChI is InChI=1S/C19H30N2O/c1-4-19(2,3)15-8-10-17(11-9-15)21-18(22)13-14-6-5-7-16(20)12-14/h5-7,12,15,17H,4,8-11,13,20H2,1-3H3,(H,21,22). The first-order valence-corrected chi connectivity index (χ1v) is 8.54. The molecule has 1 aliphatic rings. The van der Waals surface area contributed by atoms with Crippen molar-refractivity contribution in [1.29, 1.82) is 0 Å². The third kappa shape index (κ3) is 4.49. The summed E-state index contributed by atoms with van der Waals surface area (Å²) in [5.74, 6) is 0.906. The van der Waals surface area contributed by atoms with Gasteiger partial charge < -0.3 is 11.1 Å². The van der Waals surface area contributed by atoms with Crippen molar-refractivity contribution in [3.8, 4) is 0 Å². The first-order chi connectivity index (χ1) is 10.4. The van der Waals surface area contributed by atoms with Crippen molar-refractivity contribution in [2.45, 2.75) is 65.3 Å². The first kappa shape index (κ1) is 16.9. The highest BCUT2D eigenvalue weighted by Gasteiger charge is 2.32. The third-order valence-corrected chi connectivity index (χ3v) is 5.42. The van der Waals surface area contributed by atoms with Crippen LogP contribution in [-0.4, -0.2) is 11.9 Å². The number of nitrogen functional groups attached to an aromatic ring is 1. The maximum Gasteiger partial charge on any atom is 0.224 e. The highest BCUT2D eigenvalue weighted by atomic mass is 16.1. The minimum absolute atomic E-state index is 0.115. The van der Waals surface area contributed by atoms with Crippen LogP contribution in [-0.2, 0) is 11.2 Å². The molecule has 1 aromatic carbocycles. The van der Waals surface area contributed by atoms with E-state index in [1.165, 1.54) is 19.3 Å². The average Bonchev–Trinajstić information content (AvgIpc) is 2.47. The van der Waals surface area contributed by atoms with Crippen LogP contribution in [0.5, 0.6) is 0 Å². The quantitative estimate of drug-likeness (QED) is 0.810. The normalized spacial score (nSPS) is 22.3. The van der Waals surface area contributed by atoms with Crippen LogP contribution in [0.1, 0.15) is 58.4 Å². The summed E-state index contributed by atoms with van der Waals surface area (Å²) in [5.41, 5.74) is 7.88. The molecule has 0 bridgehead atoms. The van der Waals surface area contributed by atoms with Gasteiger partial charge in [-0.2, -0.15) is 0 Å². The van der Waals surface area contributed by atoms with E-state index in [0.29, 0.717) is 23.6 Å². The molecule has 2 rings (SSSR count). The maximum absolute atomic E-state index is 12.2. The van der Waals surface area contributed by atoms with Gasteiger partial charge in [0.15, 0.2) is 0 Å². The number of nitrogens with two attached hydrogens (primary N) is 1. The van der Waals surface area contributed by atoms with E-state index >= 15 is 0 Å². The zero-order valence-electron chi connectivity index (χ0n) is 14.2. The second kappa shape index (κ2) is 7.17. The van der Waals surface area contributed by atoms with Gasteiger partial charge in [0, 0.05) is 11.7 Å². The Morgan fingerprint density at radius 1 is 1.27 bits per heavy atom. The van der Waals surface area contributed by atoms with Crippen molar-refractivity contribution in [2.24, 2.45) is 11.3 Å². The van der Waals surface area contributed by atoms with Crippen LogP contribution in [0, 0.1) is 11.3 Å². The molecule has 1 fully saturated rings. The lowest BCUT2D eigenvalue weighted by molar-refractivity contribution is -0.121. The molecule has 0 heterocycles. The summed E-state index contributed by atoms with van der Waals surface area (Å²) in [6.07, 6.45) is 6.32. The monoisotopic (exact) mass is 302 g/mol. The number of nitrogens with one attached hydrogen (secondary N) is 1. The predicted octanol–water partition coefficient (Wildman–Crippen LogP) is 3.92. The smallest absolute Gasteiger partial charge is 0.224 e. The van der Waals surface area contributed by atoms with Gasteiger partial charge in [-0.15, -0.1) is 0 Å². The summed E-state index contributed by atoms with van der Waals surface area (Å²) >= 11 is 0. The lowest BCUT2D eigenvalue weighted by Gasteiger charge is -2.39. The SMILES string of the molecule is CCC(C)(C)C1CCC(NC(=O)Cc2cccc(N)c2)CC1. The number of benzene rings is 1. The van der Waals surface area contributed by atoms with Gasteiger partial charge in [-0.3, -0.25) is 4.79 Å². The molecule has 0 spiro atoms. The molecule has 0 radical (unpaired) electrons. The molecule has 3 N–H and O–H groups in total. The Morgan fingerprint density at radius 3 is 2.55 bits per heavy atom. The minimum Gasteiger partial charge on any atom is -0.399 e. The lowest BCUT2D eigenvalue weighted by atomic mass is 9.69. The fourth-order valence-corrected chi connectivity index (χ4v) is 3.48. The zero-order chi connectivity index (χ0) is 16.2. The Hall–Kier alpha value is -1.51. The molecule has 0 saturated heterocycles. The summed E-state index contributed by atoms with van der Waals surface area (Å²) in [7, 11) is 0. The number of rotatable bonds is 5. The molecular weight excluding hydrogens is 272 g/mol. The van der Waals surface area contributed by atoms with Gasteiger partial charge in [0.2, 0.25) is 5.91 Å². The van der Waals surface area contributed by atoms with E-state index in [0.717, 1.165) is 24.3 Å². The van der Waals surface area contributed by atoms with E-state index in [4.69, 9.17) is 5.73 Å². The molecule has 0 aliphatic heterocycles. The fraction of sp³-hybridized carbons (Fsp3) is 0.632. The van der Waals surface area contributed by atoms with Crippen LogP contribution < -0.4 is 11.1 Å². The molecule has 1 aromatic rings. The predicted molar refractivity (Wildman–Crippen MR) is 92.5 cm³/mol. The van der Waals surface area contributed by atoms with Gasteiger partial charge in [0.05, 0.1) is 6.42 Å². The molecular formula is C19H30N2O. The van der Waals surface area contributed by atoms with Crippen LogP contribution in [0.15, 0.2) is 24.3 Å². The van der Waals surface area contributed by atoms with Crippen molar-refractivity contribution in [2.75, 3.05) is 5.73 Å². The van der Waals surface area contributed by atoms with Gasteiger partial charge in [-0.25, -0.2) is 0 Å². The average molecular weight is 302 g/mol. The number of hydrogen-bond acceptors (Lipinski definition) is 2. The highest BCUT2D eigenvalue weighted by molar-refractivity contribution is 5.79. The van der Waals surface area contributed by atoms with Crippen molar-refractivity contribution < 1.29 is 4.79 Å². The summed E-state index contributed by atoms with van der Waals surface area (Å²) in [6, 6.07) is 7.92. The Balaban J connectivity index is 1.80. The molecule has 0 atom stereocenters. The zero-order valence-corrected chi connectivity index (χ0v) is 14.2. The van der Waals surface area contributed by atoms with Crippen LogP contribution in [0.2, 0.25) is 0 Å². The van der Waals surface area contributed by atoms with Crippen LogP contribution in [0.4, 0.5) is 5.69 Å². The van der Waals surface area contributed by atoms with E-state index in [9.17, 15) is 4.79 Å². The summed E-state index contributed by atoms with van der Waals surface area (Å²) in [6.45, 7) is 7.02. The number of amides is 1.